The number of rotatable bonds is 2. The molecule has 0 saturated carbocycles. The van der Waals surface area contributed by atoms with Crippen LogP contribution < -0.4 is 4.74 Å². The van der Waals surface area contributed by atoms with E-state index in [4.69, 9.17) is 4.74 Å². The molecule has 0 aliphatic heterocycles. The van der Waals surface area contributed by atoms with Crippen LogP contribution in [0.25, 0.3) is 5.57 Å². The lowest BCUT2D eigenvalue weighted by Gasteiger charge is -2.00. The van der Waals surface area contributed by atoms with Crippen LogP contribution in [0.1, 0.15) is 5.56 Å². The van der Waals surface area contributed by atoms with E-state index in [1.54, 1.807) is 54.0 Å². The van der Waals surface area contributed by atoms with Gasteiger partial charge < -0.3 is 4.74 Å². The molecule has 0 heterocycles. The Hall–Kier alpha value is -0.650. The summed E-state index contributed by atoms with van der Waals surface area (Å²) in [6.07, 6.45) is 0. The van der Waals surface area contributed by atoms with Gasteiger partial charge >= 0.3 is 5.92 Å². The number of alkyl halides is 2. The van der Waals surface area contributed by atoms with Crippen LogP contribution in [-0.4, -0.2) is 13.0 Å². The zero-order chi connectivity index (χ0) is 10.3. The molecule has 2 rings (SSSR count). The first kappa shape index (κ1) is 9.89. The van der Waals surface area contributed by atoms with Gasteiger partial charge in [0.1, 0.15) is 5.75 Å². The molecule has 0 N–H and O–H groups in total. The quantitative estimate of drug-likeness (QED) is 0.760. The average molecular weight is 308 g/mol. The molecule has 0 atom stereocenters. The van der Waals surface area contributed by atoms with Crippen molar-refractivity contribution in [1.82, 2.24) is 0 Å². The van der Waals surface area contributed by atoms with Gasteiger partial charge in [0.05, 0.1) is 10.7 Å². The average Bonchev–Trinajstić information content (AvgIpc) is 2.67. The number of allylic oxidation sites excluding steroid dienone is 2. The zero-order valence-electron chi connectivity index (χ0n) is 7.35. The number of hydrogen-bond donors (Lipinski definition) is 0. The van der Waals surface area contributed by atoms with E-state index in [-0.39, 0.29) is 9.15 Å². The van der Waals surface area contributed by atoms with Crippen LogP contribution in [0.3, 0.4) is 0 Å². The van der Waals surface area contributed by atoms with Gasteiger partial charge in [-0.2, -0.15) is 8.78 Å². The van der Waals surface area contributed by atoms with E-state index in [9.17, 15) is 8.78 Å². The molecule has 0 bridgehead atoms. The fraction of sp³-hybridized carbons (Fsp3) is 0.200. The van der Waals surface area contributed by atoms with E-state index in [0.29, 0.717) is 11.3 Å². The molecule has 1 aliphatic rings. The van der Waals surface area contributed by atoms with Gasteiger partial charge in [0, 0.05) is 5.57 Å². The molecular formula is C10H7F2IO. The number of benzene rings is 1. The Morgan fingerprint density at radius 3 is 2.07 bits per heavy atom. The summed E-state index contributed by atoms with van der Waals surface area (Å²) in [5.41, 5.74) is 0.709. The fourth-order valence-electron chi connectivity index (χ4n) is 1.27. The van der Waals surface area contributed by atoms with E-state index in [2.05, 4.69) is 0 Å². The van der Waals surface area contributed by atoms with Gasteiger partial charge in [0.25, 0.3) is 0 Å². The Balaban J connectivity index is 2.28. The van der Waals surface area contributed by atoms with Crippen molar-refractivity contribution in [3.05, 3.63) is 33.4 Å². The highest BCUT2D eigenvalue weighted by Gasteiger charge is 2.55. The van der Waals surface area contributed by atoms with E-state index < -0.39 is 5.92 Å². The Bertz CT molecular complexity index is 395. The van der Waals surface area contributed by atoms with Crippen molar-refractivity contribution in [2.24, 2.45) is 0 Å². The van der Waals surface area contributed by atoms with Crippen LogP contribution in [0, 0.1) is 0 Å². The molecule has 0 unspecified atom stereocenters. The number of hydrogen-bond acceptors (Lipinski definition) is 1. The largest absolute Gasteiger partial charge is 0.497 e. The maximum atomic E-state index is 12.9. The summed E-state index contributed by atoms with van der Waals surface area (Å²) < 4.78 is 31.0. The lowest BCUT2D eigenvalue weighted by molar-refractivity contribution is 0.158. The predicted octanol–water partition coefficient (Wildman–Crippen LogP) is 3.49. The lowest BCUT2D eigenvalue weighted by atomic mass is 10.1. The Morgan fingerprint density at radius 1 is 1.21 bits per heavy atom. The minimum atomic E-state index is -2.70. The number of halogens is 3. The van der Waals surface area contributed by atoms with Gasteiger partial charge in [-0.05, 0) is 40.3 Å². The molecule has 0 radical (unpaired) electrons. The molecule has 1 aromatic carbocycles. The highest BCUT2D eigenvalue weighted by molar-refractivity contribution is 14.1. The molecule has 4 heteroatoms. The topological polar surface area (TPSA) is 9.23 Å². The summed E-state index contributed by atoms with van der Waals surface area (Å²) in [4.78, 5) is 0. The van der Waals surface area contributed by atoms with E-state index in [0.717, 1.165) is 0 Å². The highest BCUT2D eigenvalue weighted by Crippen LogP contribution is 2.58. The maximum Gasteiger partial charge on any atom is 0.306 e. The van der Waals surface area contributed by atoms with Crippen molar-refractivity contribution < 1.29 is 13.5 Å². The molecule has 74 valence electrons. The summed E-state index contributed by atoms with van der Waals surface area (Å²) in [6.45, 7) is 0. The molecular weight excluding hydrogens is 301 g/mol. The molecule has 1 nitrogen and oxygen atoms in total. The second-order valence-electron chi connectivity index (χ2n) is 2.99. The summed E-state index contributed by atoms with van der Waals surface area (Å²) in [5.74, 6) is -2.02. The lowest BCUT2D eigenvalue weighted by Crippen LogP contribution is -1.94. The number of methoxy groups -OCH3 is 1. The Kier molecular flexibility index (Phi) is 2.25. The first-order valence-corrected chi connectivity index (χ1v) is 5.08. The second kappa shape index (κ2) is 3.18. The molecule has 14 heavy (non-hydrogen) atoms. The van der Waals surface area contributed by atoms with Crippen molar-refractivity contribution in [3.8, 4) is 5.75 Å². The van der Waals surface area contributed by atoms with Crippen molar-refractivity contribution in [3.63, 3.8) is 0 Å². The molecule has 1 aliphatic carbocycles. The van der Waals surface area contributed by atoms with Crippen LogP contribution >= 0.6 is 22.6 Å². The molecule has 0 aromatic heterocycles. The molecule has 0 spiro atoms. The summed E-state index contributed by atoms with van der Waals surface area (Å²) in [5, 5.41) is 0. The first-order chi connectivity index (χ1) is 6.57. The van der Waals surface area contributed by atoms with Crippen molar-refractivity contribution in [2.45, 2.75) is 5.92 Å². The van der Waals surface area contributed by atoms with Gasteiger partial charge in [-0.15, -0.1) is 0 Å². The van der Waals surface area contributed by atoms with E-state index in [1.807, 2.05) is 0 Å². The monoisotopic (exact) mass is 308 g/mol. The minimum Gasteiger partial charge on any atom is -0.497 e. The van der Waals surface area contributed by atoms with Crippen molar-refractivity contribution in [2.75, 3.05) is 7.11 Å². The molecule has 0 amide bonds. The van der Waals surface area contributed by atoms with E-state index in [1.165, 1.54) is 0 Å². The third-order valence-electron chi connectivity index (χ3n) is 2.13. The Morgan fingerprint density at radius 2 is 1.71 bits per heavy atom. The molecule has 1 aromatic rings. The van der Waals surface area contributed by atoms with Crippen LogP contribution in [-0.2, 0) is 0 Å². The summed E-state index contributed by atoms with van der Waals surface area (Å²) in [7, 11) is 1.55. The van der Waals surface area contributed by atoms with Crippen LogP contribution in [0.15, 0.2) is 27.8 Å². The molecule has 0 saturated heterocycles. The SMILES string of the molecule is COc1ccc(C2=C(I)C2(F)F)cc1. The van der Waals surface area contributed by atoms with Crippen LogP contribution in [0.5, 0.6) is 5.75 Å². The van der Waals surface area contributed by atoms with Crippen molar-refractivity contribution in [1.29, 1.82) is 0 Å². The Labute approximate surface area is 93.9 Å². The smallest absolute Gasteiger partial charge is 0.306 e. The predicted molar refractivity (Wildman–Crippen MR) is 58.9 cm³/mol. The van der Waals surface area contributed by atoms with Gasteiger partial charge in [-0.3, -0.25) is 0 Å². The van der Waals surface area contributed by atoms with Gasteiger partial charge in [-0.1, -0.05) is 12.1 Å². The first-order valence-electron chi connectivity index (χ1n) is 4.00. The van der Waals surface area contributed by atoms with E-state index >= 15 is 0 Å². The zero-order valence-corrected chi connectivity index (χ0v) is 9.51. The normalized spacial score (nSPS) is 18.3. The standard InChI is InChI=1S/C10H7F2IO/c1-14-7-4-2-6(3-5-7)8-9(13)10(8,11)12/h2-5H,1H3. The van der Waals surface area contributed by atoms with Crippen LogP contribution in [0.2, 0.25) is 0 Å². The highest BCUT2D eigenvalue weighted by atomic mass is 127. The molecule has 0 fully saturated rings. The van der Waals surface area contributed by atoms with Crippen molar-refractivity contribution >= 4 is 28.2 Å². The third kappa shape index (κ3) is 1.41. The van der Waals surface area contributed by atoms with Gasteiger partial charge in [-0.25, -0.2) is 0 Å². The van der Waals surface area contributed by atoms with Gasteiger partial charge in [0.15, 0.2) is 0 Å². The third-order valence-corrected chi connectivity index (χ3v) is 3.34. The summed E-state index contributed by atoms with van der Waals surface area (Å²) >= 11 is 1.68. The van der Waals surface area contributed by atoms with Crippen LogP contribution in [0.4, 0.5) is 8.78 Å². The maximum absolute atomic E-state index is 12.9. The fourth-order valence-corrected chi connectivity index (χ4v) is 2.06. The van der Waals surface area contributed by atoms with Gasteiger partial charge in [0.2, 0.25) is 0 Å². The number of ether oxygens (including phenoxy) is 1. The second-order valence-corrected chi connectivity index (χ2v) is 4.07. The summed E-state index contributed by atoms with van der Waals surface area (Å²) in [6, 6.07) is 6.66. The minimum absolute atomic E-state index is 0.139.